The van der Waals surface area contributed by atoms with E-state index in [0.29, 0.717) is 25.0 Å². The Morgan fingerprint density at radius 2 is 2.27 bits per heavy atom. The van der Waals surface area contributed by atoms with Crippen LogP contribution in [0.5, 0.6) is 0 Å². The molecule has 0 unspecified atom stereocenters. The molecule has 4 nitrogen and oxygen atoms in total. The molecule has 2 aliphatic rings. The monoisotopic (exact) mass is 214 g/mol. The minimum Gasteiger partial charge on any atom is -0.466 e. The van der Waals surface area contributed by atoms with Crippen LogP contribution in [0.1, 0.15) is 27.2 Å². The van der Waals surface area contributed by atoms with Crippen LogP contribution in [-0.4, -0.2) is 31.1 Å². The molecule has 86 valence electrons. The van der Waals surface area contributed by atoms with E-state index in [9.17, 15) is 4.79 Å². The molecule has 2 rings (SSSR count). The molecule has 0 aromatic rings. The van der Waals surface area contributed by atoms with Crippen LogP contribution >= 0.6 is 0 Å². The summed E-state index contributed by atoms with van der Waals surface area (Å²) >= 11 is 0. The van der Waals surface area contributed by atoms with E-state index in [-0.39, 0.29) is 12.1 Å². The van der Waals surface area contributed by atoms with E-state index >= 15 is 0 Å². The zero-order valence-electron chi connectivity index (χ0n) is 9.49. The van der Waals surface area contributed by atoms with Crippen LogP contribution in [0.2, 0.25) is 0 Å². The van der Waals surface area contributed by atoms with E-state index < -0.39 is 5.79 Å². The van der Waals surface area contributed by atoms with Crippen molar-refractivity contribution in [3.05, 3.63) is 0 Å². The maximum Gasteiger partial charge on any atom is 0.302 e. The quantitative estimate of drug-likeness (QED) is 0.665. The second kappa shape index (κ2) is 3.76. The predicted molar refractivity (Wildman–Crippen MR) is 53.1 cm³/mol. The summed E-state index contributed by atoms with van der Waals surface area (Å²) in [7, 11) is 0. The highest BCUT2D eigenvalue weighted by molar-refractivity contribution is 5.65. The van der Waals surface area contributed by atoms with Gasteiger partial charge in [-0.25, -0.2) is 0 Å². The molecule has 2 fully saturated rings. The number of esters is 1. The summed E-state index contributed by atoms with van der Waals surface area (Å²) in [6.07, 6.45) is 1.26. The maximum absolute atomic E-state index is 10.6. The molecule has 15 heavy (non-hydrogen) atoms. The molecule has 1 aliphatic carbocycles. The Morgan fingerprint density at radius 1 is 1.53 bits per heavy atom. The number of rotatable bonds is 3. The van der Waals surface area contributed by atoms with Crippen molar-refractivity contribution in [2.45, 2.75) is 39.1 Å². The van der Waals surface area contributed by atoms with Gasteiger partial charge in [-0.3, -0.25) is 4.79 Å². The van der Waals surface area contributed by atoms with Crippen LogP contribution < -0.4 is 0 Å². The molecule has 1 heterocycles. The Hall–Kier alpha value is -0.610. The fraction of sp³-hybridized carbons (Fsp3) is 0.909. The summed E-state index contributed by atoms with van der Waals surface area (Å²) < 4.78 is 16.2. The first-order valence-electron chi connectivity index (χ1n) is 5.43. The van der Waals surface area contributed by atoms with Crippen LogP contribution in [0.3, 0.4) is 0 Å². The van der Waals surface area contributed by atoms with Crippen molar-refractivity contribution in [1.82, 2.24) is 0 Å². The molecule has 0 bridgehead atoms. The summed E-state index contributed by atoms with van der Waals surface area (Å²) in [6, 6.07) is 0. The number of hydrogen-bond donors (Lipinski definition) is 0. The van der Waals surface area contributed by atoms with E-state index in [2.05, 4.69) is 0 Å². The maximum atomic E-state index is 10.6. The second-order valence-corrected chi connectivity index (χ2v) is 4.83. The van der Waals surface area contributed by atoms with Crippen molar-refractivity contribution >= 4 is 5.97 Å². The molecule has 0 spiro atoms. The van der Waals surface area contributed by atoms with Crippen LogP contribution in [0.4, 0.5) is 0 Å². The first-order valence-corrected chi connectivity index (χ1v) is 5.43. The van der Waals surface area contributed by atoms with Crippen LogP contribution in [-0.2, 0) is 19.0 Å². The largest absolute Gasteiger partial charge is 0.466 e. The highest BCUT2D eigenvalue weighted by atomic mass is 16.7. The summed E-state index contributed by atoms with van der Waals surface area (Å²) in [5.74, 6) is 0.325. The summed E-state index contributed by atoms with van der Waals surface area (Å²) in [4.78, 5) is 10.6. The van der Waals surface area contributed by atoms with Crippen LogP contribution in [0, 0.1) is 11.8 Å². The zero-order valence-corrected chi connectivity index (χ0v) is 9.49. The van der Waals surface area contributed by atoms with Gasteiger partial charge in [0.1, 0.15) is 0 Å². The van der Waals surface area contributed by atoms with E-state index in [1.54, 1.807) is 0 Å². The van der Waals surface area contributed by atoms with Crippen molar-refractivity contribution in [3.63, 3.8) is 0 Å². The van der Waals surface area contributed by atoms with E-state index in [0.717, 1.165) is 6.42 Å². The first-order chi connectivity index (χ1) is 6.98. The van der Waals surface area contributed by atoms with Crippen LogP contribution in [0.15, 0.2) is 0 Å². The minimum atomic E-state index is -0.445. The Labute approximate surface area is 89.9 Å². The second-order valence-electron chi connectivity index (χ2n) is 4.83. The molecule has 4 heteroatoms. The summed E-state index contributed by atoms with van der Waals surface area (Å²) in [6.45, 7) is 6.48. The number of carbonyl (C=O) groups is 1. The predicted octanol–water partition coefficient (Wildman–Crippen LogP) is 1.34. The average Bonchev–Trinajstić information content (AvgIpc) is 2.81. The summed E-state index contributed by atoms with van der Waals surface area (Å²) in [5, 5.41) is 0. The first kappa shape index (κ1) is 10.9. The molecule has 1 aliphatic heterocycles. The molecule has 0 N–H and O–H groups in total. The Bertz CT molecular complexity index is 261. The third-order valence-corrected chi connectivity index (χ3v) is 2.99. The molecule has 3 atom stereocenters. The van der Waals surface area contributed by atoms with Gasteiger partial charge in [0, 0.05) is 6.92 Å². The molecular weight excluding hydrogens is 196 g/mol. The lowest BCUT2D eigenvalue weighted by molar-refractivity contribution is -0.144. The van der Waals surface area contributed by atoms with Gasteiger partial charge in [-0.1, -0.05) is 0 Å². The SMILES string of the molecule is CC(=O)OC[C@@H]1C[C@H]1[C@H]1COC(C)(C)O1. The molecule has 0 aromatic heterocycles. The van der Waals surface area contributed by atoms with Crippen molar-refractivity contribution in [2.24, 2.45) is 11.8 Å². The minimum absolute atomic E-state index is 0.181. The van der Waals surface area contributed by atoms with Gasteiger partial charge in [-0.2, -0.15) is 0 Å². The van der Waals surface area contributed by atoms with E-state index in [4.69, 9.17) is 14.2 Å². The van der Waals surface area contributed by atoms with Gasteiger partial charge in [-0.15, -0.1) is 0 Å². The Balaban J connectivity index is 1.73. The lowest BCUT2D eigenvalue weighted by Gasteiger charge is -2.17. The van der Waals surface area contributed by atoms with E-state index in [1.807, 2.05) is 13.8 Å². The number of carbonyl (C=O) groups excluding carboxylic acids is 1. The van der Waals surface area contributed by atoms with Gasteiger partial charge < -0.3 is 14.2 Å². The van der Waals surface area contributed by atoms with Gasteiger partial charge in [0.25, 0.3) is 0 Å². The van der Waals surface area contributed by atoms with Gasteiger partial charge in [0.15, 0.2) is 5.79 Å². The van der Waals surface area contributed by atoms with Gasteiger partial charge in [0.05, 0.1) is 19.3 Å². The number of ether oxygens (including phenoxy) is 3. The topological polar surface area (TPSA) is 44.8 Å². The lowest BCUT2D eigenvalue weighted by Crippen LogP contribution is -2.23. The normalized spacial score (nSPS) is 37.7. The average molecular weight is 214 g/mol. The fourth-order valence-electron chi connectivity index (χ4n) is 2.07. The Morgan fingerprint density at radius 3 is 2.80 bits per heavy atom. The Kier molecular flexibility index (Phi) is 2.73. The van der Waals surface area contributed by atoms with Gasteiger partial charge >= 0.3 is 5.97 Å². The standard InChI is InChI=1S/C11H18O4/c1-7(12)13-5-8-4-9(8)10-6-14-11(2,3)15-10/h8-10H,4-6H2,1-3H3/t8-,9+,10+/m0/s1. The van der Waals surface area contributed by atoms with Crippen molar-refractivity contribution in [2.75, 3.05) is 13.2 Å². The highest BCUT2D eigenvalue weighted by Crippen LogP contribution is 2.45. The fourth-order valence-corrected chi connectivity index (χ4v) is 2.07. The molecule has 0 aromatic carbocycles. The van der Waals surface area contributed by atoms with E-state index in [1.165, 1.54) is 6.92 Å². The zero-order chi connectivity index (χ0) is 11.1. The smallest absolute Gasteiger partial charge is 0.302 e. The van der Waals surface area contributed by atoms with Crippen molar-refractivity contribution in [3.8, 4) is 0 Å². The van der Waals surface area contributed by atoms with Crippen molar-refractivity contribution < 1.29 is 19.0 Å². The molecule has 1 saturated carbocycles. The number of hydrogen-bond acceptors (Lipinski definition) is 4. The van der Waals surface area contributed by atoms with Crippen LogP contribution in [0.25, 0.3) is 0 Å². The summed E-state index contributed by atoms with van der Waals surface area (Å²) in [5.41, 5.74) is 0. The van der Waals surface area contributed by atoms with Gasteiger partial charge in [0.2, 0.25) is 0 Å². The molecule has 0 radical (unpaired) electrons. The molecular formula is C11H18O4. The molecule has 1 saturated heterocycles. The lowest BCUT2D eigenvalue weighted by atomic mass is 10.2. The highest BCUT2D eigenvalue weighted by Gasteiger charge is 2.49. The third kappa shape index (κ3) is 2.69. The molecule has 0 amide bonds. The van der Waals surface area contributed by atoms with Crippen molar-refractivity contribution in [1.29, 1.82) is 0 Å². The van der Waals surface area contributed by atoms with Gasteiger partial charge in [-0.05, 0) is 32.1 Å². The third-order valence-electron chi connectivity index (χ3n) is 2.99.